The van der Waals surface area contributed by atoms with E-state index in [1.807, 2.05) is 18.2 Å². The highest BCUT2D eigenvalue weighted by Crippen LogP contribution is 2.35. The molecule has 1 N–H and O–H groups in total. The second-order valence-electron chi connectivity index (χ2n) is 3.39. The molecule has 0 amide bonds. The fourth-order valence-corrected chi connectivity index (χ4v) is 1.67. The first kappa shape index (κ1) is 8.96. The number of nitrogens with one attached hydrogen (secondary N) is 1. The quantitative estimate of drug-likeness (QED) is 0.774. The summed E-state index contributed by atoms with van der Waals surface area (Å²) < 4.78 is 10.5. The van der Waals surface area contributed by atoms with Gasteiger partial charge in [-0.1, -0.05) is 0 Å². The lowest BCUT2D eigenvalue weighted by atomic mass is 10.1. The number of H-pyrrole nitrogens is 1. The Kier molecular flexibility index (Phi) is 1.89. The van der Waals surface area contributed by atoms with Crippen molar-refractivity contribution in [1.82, 2.24) is 10.2 Å². The van der Waals surface area contributed by atoms with Gasteiger partial charge < -0.3 is 9.47 Å². The van der Waals surface area contributed by atoms with E-state index >= 15 is 0 Å². The van der Waals surface area contributed by atoms with Gasteiger partial charge in [0, 0.05) is 5.56 Å². The van der Waals surface area contributed by atoms with Crippen molar-refractivity contribution in [2.45, 2.75) is 0 Å². The van der Waals surface area contributed by atoms with Gasteiger partial charge in [-0.15, -0.1) is 0 Å². The molecule has 0 aliphatic carbocycles. The van der Waals surface area contributed by atoms with Gasteiger partial charge in [-0.25, -0.2) is 0 Å². The van der Waals surface area contributed by atoms with Crippen LogP contribution in [0.3, 0.4) is 0 Å². The van der Waals surface area contributed by atoms with Crippen molar-refractivity contribution in [2.75, 3.05) is 6.79 Å². The molecule has 1 aromatic carbocycles. The van der Waals surface area contributed by atoms with E-state index in [9.17, 15) is 4.79 Å². The van der Waals surface area contributed by atoms with Crippen LogP contribution in [0.2, 0.25) is 0 Å². The molecule has 80 valence electrons. The van der Waals surface area contributed by atoms with Gasteiger partial charge in [0.25, 0.3) is 0 Å². The number of ether oxygens (including phenoxy) is 2. The van der Waals surface area contributed by atoms with Gasteiger partial charge in [0.05, 0.1) is 17.5 Å². The zero-order valence-electron chi connectivity index (χ0n) is 8.27. The van der Waals surface area contributed by atoms with Crippen molar-refractivity contribution in [1.29, 1.82) is 0 Å². The first-order valence-electron chi connectivity index (χ1n) is 4.77. The molecule has 0 unspecified atom stereocenters. The number of aromatic amines is 1. The Morgan fingerprint density at radius 1 is 1.31 bits per heavy atom. The highest BCUT2D eigenvalue weighted by atomic mass is 16.7. The predicted octanol–water partition coefficient (Wildman–Crippen LogP) is 1.62. The number of hydrogen-bond acceptors (Lipinski definition) is 4. The topological polar surface area (TPSA) is 64.2 Å². The number of carbonyl (C=O) groups excluding carboxylic acids is 1. The van der Waals surface area contributed by atoms with E-state index in [1.54, 1.807) is 0 Å². The normalized spacial score (nSPS) is 12.8. The summed E-state index contributed by atoms with van der Waals surface area (Å²) in [5.41, 5.74) is 2.07. The minimum atomic E-state index is 0.238. The van der Waals surface area contributed by atoms with Crippen LogP contribution < -0.4 is 9.47 Å². The molecule has 0 fully saturated rings. The number of aldehydes is 1. The van der Waals surface area contributed by atoms with Crippen LogP contribution in [0.4, 0.5) is 0 Å². The standard InChI is InChI=1S/C11H8N2O3/c14-5-8-4-12-13-11(8)7-1-2-9-10(3-7)16-6-15-9/h1-5H,6H2,(H,12,13). The van der Waals surface area contributed by atoms with Crippen LogP contribution in [-0.4, -0.2) is 23.3 Å². The molecule has 0 bridgehead atoms. The first-order chi connectivity index (χ1) is 7.88. The summed E-state index contributed by atoms with van der Waals surface area (Å²) in [6.45, 7) is 0.238. The number of fused-ring (bicyclic) bond motifs is 1. The molecule has 1 aromatic heterocycles. The van der Waals surface area contributed by atoms with Gasteiger partial charge in [-0.05, 0) is 18.2 Å². The Labute approximate surface area is 91.0 Å². The van der Waals surface area contributed by atoms with Crippen molar-refractivity contribution in [3.63, 3.8) is 0 Å². The summed E-state index contributed by atoms with van der Waals surface area (Å²) in [5, 5.41) is 6.62. The van der Waals surface area contributed by atoms with Crippen LogP contribution in [0, 0.1) is 0 Å². The average Bonchev–Trinajstić information content (AvgIpc) is 2.96. The van der Waals surface area contributed by atoms with E-state index < -0.39 is 0 Å². The van der Waals surface area contributed by atoms with E-state index in [0.717, 1.165) is 17.6 Å². The Balaban J connectivity index is 2.10. The van der Waals surface area contributed by atoms with Gasteiger partial charge >= 0.3 is 0 Å². The monoisotopic (exact) mass is 216 g/mol. The molecule has 2 aromatic rings. The van der Waals surface area contributed by atoms with Gasteiger partial charge in [-0.3, -0.25) is 9.89 Å². The molecular weight excluding hydrogens is 208 g/mol. The zero-order chi connectivity index (χ0) is 11.0. The highest BCUT2D eigenvalue weighted by molar-refractivity contribution is 5.85. The molecular formula is C11H8N2O3. The molecule has 1 aliphatic rings. The third-order valence-electron chi connectivity index (χ3n) is 2.46. The van der Waals surface area contributed by atoms with E-state index in [0.29, 0.717) is 17.0 Å². The lowest BCUT2D eigenvalue weighted by molar-refractivity contribution is 0.112. The van der Waals surface area contributed by atoms with Gasteiger partial charge in [-0.2, -0.15) is 5.10 Å². The minimum Gasteiger partial charge on any atom is -0.454 e. The number of rotatable bonds is 2. The lowest BCUT2D eigenvalue weighted by Gasteiger charge is -2.01. The maximum absolute atomic E-state index is 10.8. The fraction of sp³-hybridized carbons (Fsp3) is 0.0909. The van der Waals surface area contributed by atoms with Crippen LogP contribution in [0.25, 0.3) is 11.3 Å². The van der Waals surface area contributed by atoms with Crippen LogP contribution >= 0.6 is 0 Å². The minimum absolute atomic E-state index is 0.238. The van der Waals surface area contributed by atoms with Crippen LogP contribution in [0.5, 0.6) is 11.5 Å². The van der Waals surface area contributed by atoms with Crippen molar-refractivity contribution in [3.8, 4) is 22.8 Å². The largest absolute Gasteiger partial charge is 0.454 e. The molecule has 0 spiro atoms. The second kappa shape index (κ2) is 3.37. The first-order valence-corrected chi connectivity index (χ1v) is 4.77. The zero-order valence-corrected chi connectivity index (χ0v) is 8.27. The molecule has 5 nitrogen and oxygen atoms in total. The molecule has 5 heteroatoms. The maximum atomic E-state index is 10.8. The van der Waals surface area contributed by atoms with E-state index in [4.69, 9.17) is 9.47 Å². The lowest BCUT2D eigenvalue weighted by Crippen LogP contribution is -1.92. The van der Waals surface area contributed by atoms with Crippen molar-refractivity contribution in [3.05, 3.63) is 30.0 Å². The Morgan fingerprint density at radius 2 is 2.19 bits per heavy atom. The molecule has 0 radical (unpaired) electrons. The molecule has 2 heterocycles. The summed E-state index contributed by atoms with van der Waals surface area (Å²) in [6, 6.07) is 5.49. The Morgan fingerprint density at radius 3 is 3.06 bits per heavy atom. The summed E-state index contributed by atoms with van der Waals surface area (Å²) >= 11 is 0. The summed E-state index contributed by atoms with van der Waals surface area (Å²) in [7, 11) is 0. The van der Waals surface area contributed by atoms with Crippen LogP contribution in [-0.2, 0) is 0 Å². The number of hydrogen-bond donors (Lipinski definition) is 1. The van der Waals surface area contributed by atoms with Crippen molar-refractivity contribution in [2.24, 2.45) is 0 Å². The number of aromatic nitrogens is 2. The van der Waals surface area contributed by atoms with E-state index in [1.165, 1.54) is 6.20 Å². The third-order valence-corrected chi connectivity index (χ3v) is 2.46. The SMILES string of the molecule is O=Cc1cn[nH]c1-c1ccc2c(c1)OCO2. The highest BCUT2D eigenvalue weighted by Gasteiger charge is 2.15. The summed E-state index contributed by atoms with van der Waals surface area (Å²) in [6.07, 6.45) is 2.26. The maximum Gasteiger partial charge on any atom is 0.231 e. The molecule has 0 saturated heterocycles. The summed E-state index contributed by atoms with van der Waals surface area (Å²) in [5.74, 6) is 1.40. The molecule has 0 saturated carbocycles. The van der Waals surface area contributed by atoms with Crippen molar-refractivity contribution >= 4 is 6.29 Å². The molecule has 16 heavy (non-hydrogen) atoms. The number of benzene rings is 1. The van der Waals surface area contributed by atoms with E-state index in [-0.39, 0.29) is 6.79 Å². The Hall–Kier alpha value is -2.30. The van der Waals surface area contributed by atoms with Gasteiger partial charge in [0.2, 0.25) is 6.79 Å². The molecule has 3 rings (SSSR count). The van der Waals surface area contributed by atoms with Crippen LogP contribution in [0.1, 0.15) is 10.4 Å². The molecule has 0 atom stereocenters. The van der Waals surface area contributed by atoms with Gasteiger partial charge in [0.1, 0.15) is 0 Å². The van der Waals surface area contributed by atoms with E-state index in [2.05, 4.69) is 10.2 Å². The fourth-order valence-electron chi connectivity index (χ4n) is 1.67. The Bertz CT molecular complexity index is 548. The average molecular weight is 216 g/mol. The van der Waals surface area contributed by atoms with Crippen LogP contribution in [0.15, 0.2) is 24.4 Å². The smallest absolute Gasteiger partial charge is 0.231 e. The number of nitrogens with zero attached hydrogens (tertiary/aromatic N) is 1. The third kappa shape index (κ3) is 1.25. The predicted molar refractivity (Wildman–Crippen MR) is 55.5 cm³/mol. The van der Waals surface area contributed by atoms with Gasteiger partial charge in [0.15, 0.2) is 17.8 Å². The van der Waals surface area contributed by atoms with Crippen molar-refractivity contribution < 1.29 is 14.3 Å². The number of carbonyl (C=O) groups is 1. The summed E-state index contributed by atoms with van der Waals surface area (Å²) in [4.78, 5) is 10.8. The molecule has 1 aliphatic heterocycles. The second-order valence-corrected chi connectivity index (χ2v) is 3.39.